The Bertz CT molecular complexity index is 75.2. The average Bonchev–Trinajstić information content (AvgIpc) is 2.21. The fraction of sp³-hybridized carbons (Fsp3) is 0.875. The molecule has 51 valence electrons. The highest BCUT2D eigenvalue weighted by Crippen LogP contribution is 2.24. The summed E-state index contributed by atoms with van der Waals surface area (Å²) in [6.45, 7) is 4.05. The van der Waals surface area contributed by atoms with E-state index in [-0.39, 0.29) is 0 Å². The van der Waals surface area contributed by atoms with Gasteiger partial charge in [-0.1, -0.05) is 0 Å². The number of fused-ring (bicyclic) bond motifs is 4. The summed E-state index contributed by atoms with van der Waals surface area (Å²) in [5.41, 5.74) is 0. The van der Waals surface area contributed by atoms with Gasteiger partial charge in [0.25, 0.3) is 0 Å². The molecule has 3 rings (SSSR count). The van der Waals surface area contributed by atoms with Crippen molar-refractivity contribution < 1.29 is 0 Å². The molecule has 0 saturated carbocycles. The van der Waals surface area contributed by atoms with Crippen LogP contribution < -0.4 is 0 Å². The van der Waals surface area contributed by atoms with Gasteiger partial charge in [0.1, 0.15) is 0 Å². The van der Waals surface area contributed by atoms with Crippen LogP contribution in [0.3, 0.4) is 0 Å². The molecule has 0 aromatic carbocycles. The third kappa shape index (κ3) is 1.11. The van der Waals surface area contributed by atoms with E-state index >= 15 is 0 Å². The van der Waals surface area contributed by atoms with E-state index in [0.29, 0.717) is 0 Å². The second-order valence-corrected chi connectivity index (χ2v) is 3.20. The Morgan fingerprint density at radius 3 is 2.67 bits per heavy atom. The van der Waals surface area contributed by atoms with Crippen LogP contribution in [0.1, 0.15) is 19.3 Å². The van der Waals surface area contributed by atoms with E-state index in [1.165, 1.54) is 38.9 Å². The lowest BCUT2D eigenvalue weighted by molar-refractivity contribution is 0.229. The molecule has 3 saturated heterocycles. The van der Waals surface area contributed by atoms with Crippen LogP contribution >= 0.6 is 0 Å². The number of hydrogen-bond donors (Lipinski definition) is 0. The van der Waals surface area contributed by atoms with Crippen molar-refractivity contribution in [3.8, 4) is 0 Å². The molecule has 0 spiro atoms. The Morgan fingerprint density at radius 1 is 1.11 bits per heavy atom. The Labute approximate surface area is 57.0 Å². The van der Waals surface area contributed by atoms with Gasteiger partial charge < -0.3 is 4.90 Å². The van der Waals surface area contributed by atoms with Crippen molar-refractivity contribution in [2.45, 2.75) is 19.3 Å². The van der Waals surface area contributed by atoms with Crippen molar-refractivity contribution in [2.24, 2.45) is 5.92 Å². The van der Waals surface area contributed by atoms with Crippen LogP contribution in [0, 0.1) is 12.3 Å². The molecule has 1 heteroatoms. The minimum absolute atomic E-state index is 0.976. The van der Waals surface area contributed by atoms with Crippen molar-refractivity contribution in [3.63, 3.8) is 0 Å². The molecule has 2 bridgehead atoms. The summed E-state index contributed by atoms with van der Waals surface area (Å²) in [6, 6.07) is 0. The average molecular weight is 124 g/mol. The first-order valence-corrected chi connectivity index (χ1v) is 4.01. The molecule has 0 unspecified atom stereocenters. The van der Waals surface area contributed by atoms with Crippen molar-refractivity contribution in [3.05, 3.63) is 6.42 Å². The van der Waals surface area contributed by atoms with Crippen LogP contribution in [0.5, 0.6) is 0 Å². The Balaban J connectivity index is 2.03. The van der Waals surface area contributed by atoms with E-state index < -0.39 is 0 Å². The van der Waals surface area contributed by atoms with E-state index in [1.807, 2.05) is 0 Å². The number of rotatable bonds is 0. The molecule has 3 fully saturated rings. The molecule has 0 aromatic rings. The van der Waals surface area contributed by atoms with Crippen molar-refractivity contribution in [2.75, 3.05) is 19.6 Å². The molecule has 3 aliphatic rings. The maximum Gasteiger partial charge on any atom is -0.00159 e. The maximum atomic E-state index is 2.58. The van der Waals surface area contributed by atoms with Crippen LogP contribution in [0.4, 0.5) is 0 Å². The Kier molecular flexibility index (Phi) is 1.46. The molecular weight excluding hydrogens is 110 g/mol. The van der Waals surface area contributed by atoms with E-state index in [1.54, 1.807) is 0 Å². The van der Waals surface area contributed by atoms with Gasteiger partial charge in [0.2, 0.25) is 0 Å². The number of piperidine rings is 1. The predicted molar refractivity (Wildman–Crippen MR) is 38.1 cm³/mol. The summed E-state index contributed by atoms with van der Waals surface area (Å²) in [5.74, 6) is 0.976. The van der Waals surface area contributed by atoms with Gasteiger partial charge in [0.15, 0.2) is 0 Å². The highest BCUT2D eigenvalue weighted by atomic mass is 15.1. The second-order valence-electron chi connectivity index (χ2n) is 3.20. The third-order valence-electron chi connectivity index (χ3n) is 2.58. The third-order valence-corrected chi connectivity index (χ3v) is 2.58. The zero-order valence-corrected chi connectivity index (χ0v) is 5.84. The summed E-state index contributed by atoms with van der Waals surface area (Å²) in [7, 11) is 0. The first-order valence-electron chi connectivity index (χ1n) is 4.01. The fourth-order valence-corrected chi connectivity index (χ4v) is 1.91. The summed E-state index contributed by atoms with van der Waals surface area (Å²) in [6.07, 6.45) is 6.72. The number of hydrogen-bond acceptors (Lipinski definition) is 1. The van der Waals surface area contributed by atoms with Crippen LogP contribution in [0.2, 0.25) is 0 Å². The van der Waals surface area contributed by atoms with Crippen LogP contribution in [0.15, 0.2) is 0 Å². The topological polar surface area (TPSA) is 3.24 Å². The minimum Gasteiger partial charge on any atom is -0.303 e. The van der Waals surface area contributed by atoms with Gasteiger partial charge in [-0.3, -0.25) is 0 Å². The smallest absolute Gasteiger partial charge is 0.00159 e. The van der Waals surface area contributed by atoms with Crippen LogP contribution in [-0.4, -0.2) is 24.5 Å². The molecule has 9 heavy (non-hydrogen) atoms. The van der Waals surface area contributed by atoms with Gasteiger partial charge in [-0.2, -0.15) is 0 Å². The van der Waals surface area contributed by atoms with E-state index in [2.05, 4.69) is 11.3 Å². The first kappa shape index (κ1) is 5.72. The van der Waals surface area contributed by atoms with Gasteiger partial charge in [-0.15, -0.1) is 0 Å². The lowest BCUT2D eigenvalue weighted by Crippen LogP contribution is -2.30. The lowest BCUT2D eigenvalue weighted by atomic mass is 9.96. The fourth-order valence-electron chi connectivity index (χ4n) is 1.91. The zero-order valence-electron chi connectivity index (χ0n) is 5.84. The van der Waals surface area contributed by atoms with Crippen molar-refractivity contribution in [1.82, 2.24) is 4.90 Å². The monoisotopic (exact) mass is 124 g/mol. The lowest BCUT2D eigenvalue weighted by Gasteiger charge is -2.25. The molecule has 0 aromatic heterocycles. The van der Waals surface area contributed by atoms with Crippen LogP contribution in [0.25, 0.3) is 0 Å². The molecule has 1 radical (unpaired) electrons. The summed E-state index contributed by atoms with van der Waals surface area (Å²) < 4.78 is 0. The normalized spacial score (nSPS) is 42.7. The quantitative estimate of drug-likeness (QED) is 0.470. The van der Waals surface area contributed by atoms with Crippen molar-refractivity contribution in [1.29, 1.82) is 0 Å². The highest BCUT2D eigenvalue weighted by molar-refractivity contribution is 4.87. The molecule has 0 atom stereocenters. The van der Waals surface area contributed by atoms with Crippen molar-refractivity contribution >= 4 is 0 Å². The molecule has 1 nitrogen and oxygen atoms in total. The van der Waals surface area contributed by atoms with E-state index in [0.717, 1.165) is 5.92 Å². The van der Waals surface area contributed by atoms with Gasteiger partial charge >= 0.3 is 0 Å². The van der Waals surface area contributed by atoms with Gasteiger partial charge in [0.05, 0.1) is 0 Å². The summed E-state index contributed by atoms with van der Waals surface area (Å²) in [4.78, 5) is 2.58. The van der Waals surface area contributed by atoms with Gasteiger partial charge in [0, 0.05) is 0 Å². The molecular formula is C8H14N. The molecule has 0 N–H and O–H groups in total. The molecule has 3 aliphatic heterocycles. The van der Waals surface area contributed by atoms with E-state index in [4.69, 9.17) is 0 Å². The minimum atomic E-state index is 0.976. The summed E-state index contributed by atoms with van der Waals surface area (Å²) >= 11 is 0. The molecule has 0 aliphatic carbocycles. The second kappa shape index (κ2) is 2.30. The largest absolute Gasteiger partial charge is 0.303 e. The first-order chi connectivity index (χ1) is 4.45. The SMILES string of the molecule is [CH]1CCN2CCC1CC2. The summed E-state index contributed by atoms with van der Waals surface area (Å²) in [5, 5.41) is 0. The van der Waals surface area contributed by atoms with Gasteiger partial charge in [-0.25, -0.2) is 0 Å². The predicted octanol–water partition coefficient (Wildman–Crippen LogP) is 1.31. The zero-order chi connectivity index (χ0) is 6.10. The van der Waals surface area contributed by atoms with E-state index in [9.17, 15) is 0 Å². The Hall–Kier alpha value is -0.0400. The highest BCUT2D eigenvalue weighted by Gasteiger charge is 2.22. The van der Waals surface area contributed by atoms with Gasteiger partial charge in [-0.05, 0) is 51.2 Å². The van der Waals surface area contributed by atoms with Crippen LogP contribution in [-0.2, 0) is 0 Å². The molecule has 0 amide bonds. The number of nitrogens with zero attached hydrogens (tertiary/aromatic N) is 1. The molecule has 3 heterocycles. The maximum absolute atomic E-state index is 2.58. The Morgan fingerprint density at radius 2 is 1.89 bits per heavy atom. The standard InChI is InChI=1S/C8H14N/c1-2-8-3-6-9(5-1)7-4-8/h2,8H,1,3-7H2.